The Morgan fingerprint density at radius 2 is 1.61 bits per heavy atom. The Bertz CT molecular complexity index is 1930. The van der Waals surface area contributed by atoms with Crippen LogP contribution in [0.3, 0.4) is 0 Å². The van der Waals surface area contributed by atoms with Crippen LogP contribution in [0.25, 0.3) is 0 Å². The number of rotatable bonds is 9. The predicted molar refractivity (Wildman–Crippen MR) is 211 cm³/mol. The molecule has 1 heterocycles. The van der Waals surface area contributed by atoms with Crippen LogP contribution in [0.1, 0.15) is 99.4 Å². The van der Waals surface area contributed by atoms with E-state index in [4.69, 9.17) is 28.4 Å². The minimum absolute atomic E-state index is 0.0480. The van der Waals surface area contributed by atoms with E-state index in [0.717, 1.165) is 0 Å². The van der Waals surface area contributed by atoms with Crippen molar-refractivity contribution in [2.75, 3.05) is 6.61 Å². The summed E-state index contributed by atoms with van der Waals surface area (Å²) in [7, 11) is 0. The van der Waals surface area contributed by atoms with Gasteiger partial charge in [0.15, 0.2) is 11.7 Å². The molecule has 11 atom stereocenters. The molecular weight excluding hydrogens is 766 g/mol. The summed E-state index contributed by atoms with van der Waals surface area (Å²) in [5.41, 5.74) is -6.37. The number of alkyl carbamates (subject to hydrolysis) is 1. The van der Waals surface area contributed by atoms with Gasteiger partial charge in [0.1, 0.15) is 35.6 Å². The second kappa shape index (κ2) is 16.1. The van der Waals surface area contributed by atoms with Crippen LogP contribution in [0.2, 0.25) is 0 Å². The van der Waals surface area contributed by atoms with Crippen LogP contribution >= 0.6 is 0 Å². The maximum atomic E-state index is 14.3. The first kappa shape index (κ1) is 45.5. The molecule has 1 saturated heterocycles. The number of ether oxygens (including phenoxy) is 6. The first-order valence-corrected chi connectivity index (χ1v) is 19.8. The highest BCUT2D eigenvalue weighted by Gasteiger charge is 2.77. The van der Waals surface area contributed by atoms with Crippen LogP contribution in [0.15, 0.2) is 65.3 Å². The van der Waals surface area contributed by atoms with Crippen LogP contribution in [-0.4, -0.2) is 111 Å². The number of hydrogen-bond acceptors (Lipinski definition) is 14. The van der Waals surface area contributed by atoms with Crippen molar-refractivity contribution in [1.29, 1.82) is 0 Å². The normalized spacial score (nSPS) is 33.2. The van der Waals surface area contributed by atoms with Crippen molar-refractivity contribution in [2.45, 2.75) is 148 Å². The Kier molecular flexibility index (Phi) is 12.4. The average molecular weight is 826 g/mol. The van der Waals surface area contributed by atoms with Gasteiger partial charge in [-0.3, -0.25) is 9.59 Å². The molecule has 4 N–H and O–H groups in total. The highest BCUT2D eigenvalue weighted by atomic mass is 16.6. The lowest BCUT2D eigenvalue weighted by atomic mass is 9.44. The fraction of sp³-hybridized carbons (Fsp3) is 0.614. The van der Waals surface area contributed by atoms with E-state index < -0.39 is 113 Å². The number of carbonyl (C=O) groups is 5. The molecule has 59 heavy (non-hydrogen) atoms. The highest BCUT2D eigenvalue weighted by Crippen LogP contribution is 2.66. The Balaban J connectivity index is 1.73. The second-order valence-corrected chi connectivity index (χ2v) is 18.2. The van der Waals surface area contributed by atoms with Crippen molar-refractivity contribution in [3.8, 4) is 0 Å². The van der Waals surface area contributed by atoms with Gasteiger partial charge in [-0.25, -0.2) is 14.4 Å². The predicted octanol–water partition coefficient (Wildman–Crippen LogP) is 4.41. The monoisotopic (exact) mass is 825 g/mol. The summed E-state index contributed by atoms with van der Waals surface area (Å²) in [4.78, 5) is 67.1. The van der Waals surface area contributed by atoms with Gasteiger partial charge in [-0.05, 0) is 70.4 Å². The van der Waals surface area contributed by atoms with Gasteiger partial charge in [0.05, 0.1) is 30.2 Å². The molecule has 3 fully saturated rings. The largest absolute Gasteiger partial charge is 0.456 e. The van der Waals surface area contributed by atoms with E-state index in [1.165, 1.54) is 32.1 Å². The molecule has 4 aliphatic rings. The quantitative estimate of drug-likeness (QED) is 0.154. The summed E-state index contributed by atoms with van der Waals surface area (Å²) in [6.45, 7) is 21.6. The molecule has 1 aromatic rings. The molecule has 15 heteroatoms. The van der Waals surface area contributed by atoms with E-state index in [0.29, 0.717) is 11.1 Å². The maximum absolute atomic E-state index is 14.3. The molecule has 1 amide bonds. The van der Waals surface area contributed by atoms with Gasteiger partial charge in [-0.2, -0.15) is 0 Å². The third-order valence-electron chi connectivity index (χ3n) is 12.5. The summed E-state index contributed by atoms with van der Waals surface area (Å²) in [6, 6.07) is 6.73. The molecule has 15 nitrogen and oxygen atoms in total. The zero-order valence-electron chi connectivity index (χ0n) is 35.7. The van der Waals surface area contributed by atoms with Crippen molar-refractivity contribution >= 4 is 30.0 Å². The minimum atomic E-state index is -2.27. The minimum Gasteiger partial charge on any atom is -0.456 e. The van der Waals surface area contributed by atoms with E-state index in [2.05, 4.69) is 11.9 Å². The molecule has 324 valence electrons. The second-order valence-electron chi connectivity index (χ2n) is 18.2. The highest BCUT2D eigenvalue weighted by molar-refractivity contribution is 5.89. The number of esters is 4. The van der Waals surface area contributed by atoms with Gasteiger partial charge in [-0.1, -0.05) is 57.2 Å². The summed E-state index contributed by atoms with van der Waals surface area (Å²) in [5, 5.41) is 39.8. The molecule has 2 bridgehead atoms. The molecule has 3 aliphatic carbocycles. The zero-order valence-corrected chi connectivity index (χ0v) is 35.7. The molecule has 0 radical (unpaired) electrons. The van der Waals surface area contributed by atoms with Crippen LogP contribution in [-0.2, 0) is 42.8 Å². The summed E-state index contributed by atoms with van der Waals surface area (Å²) in [6.07, 6.45) is -8.55. The van der Waals surface area contributed by atoms with Crippen molar-refractivity contribution in [3.05, 3.63) is 70.8 Å². The summed E-state index contributed by atoms with van der Waals surface area (Å²) in [5.74, 6) is -4.78. The zero-order chi connectivity index (χ0) is 44.2. The lowest BCUT2D eigenvalue weighted by molar-refractivity contribution is -0.346. The molecule has 1 aromatic carbocycles. The van der Waals surface area contributed by atoms with Gasteiger partial charge >= 0.3 is 30.0 Å². The van der Waals surface area contributed by atoms with E-state index >= 15 is 0 Å². The van der Waals surface area contributed by atoms with Crippen LogP contribution < -0.4 is 5.32 Å². The maximum Gasteiger partial charge on any atom is 0.408 e. The number of hydrogen-bond donors (Lipinski definition) is 4. The van der Waals surface area contributed by atoms with Crippen molar-refractivity contribution < 1.29 is 67.7 Å². The number of allylic oxidation sites excluding steroid dienone is 1. The Hall–Kier alpha value is -4.57. The molecule has 0 aromatic heterocycles. The van der Waals surface area contributed by atoms with E-state index in [1.54, 1.807) is 80.5 Å². The number of aliphatic hydroxyl groups excluding tert-OH is 2. The smallest absolute Gasteiger partial charge is 0.408 e. The fourth-order valence-corrected chi connectivity index (χ4v) is 9.55. The Morgan fingerprint density at radius 3 is 2.14 bits per heavy atom. The third kappa shape index (κ3) is 8.18. The fourth-order valence-electron chi connectivity index (χ4n) is 9.55. The van der Waals surface area contributed by atoms with Crippen LogP contribution in [0.5, 0.6) is 0 Å². The lowest BCUT2D eigenvalue weighted by Gasteiger charge is -2.68. The van der Waals surface area contributed by atoms with E-state index in [-0.39, 0.29) is 29.7 Å². The molecule has 1 aliphatic heterocycles. The van der Waals surface area contributed by atoms with Crippen molar-refractivity contribution in [2.24, 2.45) is 16.7 Å². The van der Waals surface area contributed by atoms with Gasteiger partial charge in [0.25, 0.3) is 0 Å². The SMILES string of the molecule is C=C1[C@H](OC(C)=O)C2=C(C)[C@@H](OC(=O)[C@H](O)[C@H](C=C(C)C)NC(=O)OC(C)(C)C)C[C@@](O)([C@@H](OC(=O)c3ccccc3)[C@@H]3[C@]4(OC(C)=O)CO[C@@H]4C[C@H](O)[C@@]13C)C2(C)C. The van der Waals surface area contributed by atoms with Gasteiger partial charge < -0.3 is 49.1 Å². The number of aliphatic hydroxyl groups is 3. The molecule has 5 rings (SSSR count). The molecular formula is C44H59NO14. The van der Waals surface area contributed by atoms with Crippen molar-refractivity contribution in [3.63, 3.8) is 0 Å². The molecule has 2 saturated carbocycles. The lowest BCUT2D eigenvalue weighted by Crippen LogP contribution is -2.80. The average Bonchev–Trinajstić information content (AvgIpc) is 3.11. The molecule has 0 spiro atoms. The number of nitrogens with one attached hydrogen (secondary N) is 1. The number of amides is 1. The third-order valence-corrected chi connectivity index (χ3v) is 12.5. The first-order valence-electron chi connectivity index (χ1n) is 19.8. The standard InChI is InChI=1S/C44H59NO14/c1-22(2)18-28(45-39(52)59-40(7,8)9)33(49)38(51)56-29-20-44(53)36(57-37(50)27-16-14-13-15-17-27)35-42(12,30(48)19-31-43(35,21-54-31)58-26(6)47)24(4)34(55-25(5)46)32(23(29)3)41(44,10)11/h13-18,28-31,33-36,48-49,53H,4,19-21H2,1-3,5-12H3,(H,45,52)/t28-,29-,30-,31+,33+,34-,35-,36-,42+,43-,44+/m0/s1. The summed E-state index contributed by atoms with van der Waals surface area (Å²) < 4.78 is 36.0. The van der Waals surface area contributed by atoms with E-state index in [1.807, 2.05) is 0 Å². The number of carbonyl (C=O) groups excluding carboxylic acids is 5. The summed E-state index contributed by atoms with van der Waals surface area (Å²) >= 11 is 0. The van der Waals surface area contributed by atoms with Gasteiger partial charge in [0.2, 0.25) is 0 Å². The Morgan fingerprint density at radius 1 is 0.983 bits per heavy atom. The Labute approximate surface area is 345 Å². The van der Waals surface area contributed by atoms with Crippen LogP contribution in [0, 0.1) is 16.7 Å². The van der Waals surface area contributed by atoms with Gasteiger partial charge in [-0.15, -0.1) is 0 Å². The van der Waals surface area contributed by atoms with E-state index in [9.17, 15) is 39.3 Å². The first-order chi connectivity index (χ1) is 27.2. The van der Waals surface area contributed by atoms with Crippen LogP contribution in [0.4, 0.5) is 4.79 Å². The topological polar surface area (TPSA) is 213 Å². The molecule has 0 unspecified atom stereocenters. The number of benzene rings is 1. The van der Waals surface area contributed by atoms with Crippen molar-refractivity contribution in [1.82, 2.24) is 5.32 Å². The number of fused-ring (bicyclic) bond motifs is 5. The van der Waals surface area contributed by atoms with Gasteiger partial charge in [0, 0.05) is 37.5 Å².